The zero-order valence-electron chi connectivity index (χ0n) is 15.4. The van der Waals surface area contributed by atoms with Gasteiger partial charge in [0.05, 0.1) is 33.9 Å². The fourth-order valence-corrected chi connectivity index (χ4v) is 3.65. The molecular formula is C20H23N4O3+. The number of benzene rings is 2. The molecule has 27 heavy (non-hydrogen) atoms. The van der Waals surface area contributed by atoms with Crippen LogP contribution in [0.25, 0.3) is 27.3 Å². The van der Waals surface area contributed by atoms with Gasteiger partial charge in [-0.3, -0.25) is 9.20 Å². The van der Waals surface area contributed by atoms with Gasteiger partial charge in [0.2, 0.25) is 0 Å². The molecule has 0 atom stereocenters. The van der Waals surface area contributed by atoms with Gasteiger partial charge in [-0.05, 0) is 44.2 Å². The lowest BCUT2D eigenvalue weighted by atomic mass is 10.1. The zero-order chi connectivity index (χ0) is 19.2. The highest BCUT2D eigenvalue weighted by atomic mass is 16.5. The van der Waals surface area contributed by atoms with E-state index in [9.17, 15) is 15.1 Å². The number of pyridine rings is 1. The maximum atomic E-state index is 13.2. The number of anilines is 1. The SMILES string of the molecule is CC[N+](O)(CC)CCNc1ccc2ncn3c4ccc(O)cc4c(=O)c1c23. The number of imidazole rings is 1. The molecule has 7 nitrogen and oxygen atoms in total. The number of likely N-dealkylation sites (N-methyl/N-ethyl adjacent to an activating group) is 1. The minimum Gasteiger partial charge on any atom is -0.508 e. The third kappa shape index (κ3) is 2.75. The second-order valence-corrected chi connectivity index (χ2v) is 6.88. The van der Waals surface area contributed by atoms with Crippen LogP contribution in [0.1, 0.15) is 13.8 Å². The summed E-state index contributed by atoms with van der Waals surface area (Å²) in [5.41, 5.74) is 2.80. The average molecular weight is 367 g/mol. The lowest BCUT2D eigenvalue weighted by Gasteiger charge is -2.27. The number of aromatic nitrogens is 2. The van der Waals surface area contributed by atoms with Gasteiger partial charge < -0.3 is 10.4 Å². The van der Waals surface area contributed by atoms with E-state index in [-0.39, 0.29) is 15.8 Å². The van der Waals surface area contributed by atoms with Crippen LogP contribution < -0.4 is 10.7 Å². The first-order valence-corrected chi connectivity index (χ1v) is 9.18. The van der Waals surface area contributed by atoms with Crippen LogP contribution in [0, 0.1) is 0 Å². The molecule has 0 aliphatic rings. The van der Waals surface area contributed by atoms with Crippen molar-refractivity contribution in [3.63, 3.8) is 0 Å². The highest BCUT2D eigenvalue weighted by Gasteiger charge is 2.21. The number of phenols is 1. The first-order chi connectivity index (χ1) is 13.0. The number of phenolic OH excluding ortho intramolecular Hbond substituents is 1. The number of fused-ring (bicyclic) bond motifs is 2. The molecule has 0 radical (unpaired) electrons. The van der Waals surface area contributed by atoms with Gasteiger partial charge in [0.15, 0.2) is 5.43 Å². The van der Waals surface area contributed by atoms with Crippen LogP contribution in [0.4, 0.5) is 5.69 Å². The molecule has 0 amide bonds. The number of aromatic hydroxyl groups is 1. The Labute approximate surface area is 156 Å². The molecule has 4 aromatic rings. The summed E-state index contributed by atoms with van der Waals surface area (Å²) in [7, 11) is 0. The number of nitrogens with one attached hydrogen (secondary N) is 1. The Morgan fingerprint density at radius 3 is 2.70 bits per heavy atom. The van der Waals surface area contributed by atoms with Gasteiger partial charge in [-0.2, -0.15) is 4.65 Å². The molecule has 2 aromatic carbocycles. The first kappa shape index (κ1) is 17.5. The van der Waals surface area contributed by atoms with Gasteiger partial charge >= 0.3 is 0 Å². The fraction of sp³-hybridized carbons (Fsp3) is 0.300. The summed E-state index contributed by atoms with van der Waals surface area (Å²) < 4.78 is 1.86. The van der Waals surface area contributed by atoms with Gasteiger partial charge in [0, 0.05) is 5.69 Å². The molecule has 0 saturated carbocycles. The molecule has 7 heteroatoms. The Kier molecular flexibility index (Phi) is 4.13. The van der Waals surface area contributed by atoms with E-state index in [0.29, 0.717) is 48.2 Å². The van der Waals surface area contributed by atoms with E-state index < -0.39 is 0 Å². The molecule has 0 aliphatic carbocycles. The summed E-state index contributed by atoms with van der Waals surface area (Å²) in [6, 6.07) is 8.53. The first-order valence-electron chi connectivity index (χ1n) is 9.18. The maximum absolute atomic E-state index is 13.2. The van der Waals surface area contributed by atoms with E-state index in [1.807, 2.05) is 30.4 Å². The van der Waals surface area contributed by atoms with Gasteiger partial charge in [-0.15, -0.1) is 0 Å². The molecule has 140 valence electrons. The number of hydrogen-bond acceptors (Lipinski definition) is 5. The van der Waals surface area contributed by atoms with Crippen molar-refractivity contribution in [2.45, 2.75) is 13.8 Å². The molecule has 4 rings (SSSR count). The molecule has 2 aromatic heterocycles. The lowest BCUT2D eigenvalue weighted by Crippen LogP contribution is -2.47. The lowest BCUT2D eigenvalue weighted by molar-refractivity contribution is -1.10. The molecular weight excluding hydrogens is 344 g/mol. The standard InChI is InChI=1S/C20H22N4O3/c1-3-24(27,4-2)10-9-21-15-6-7-16-19-18(15)20(26)14-11-13(25)5-8-17(14)23(19)12-22-16/h5-8,11-12,27H,3-4,9-10H2,1-2H3,(H-,21,25,26)/p+1. The van der Waals surface area contributed by atoms with Crippen LogP contribution in [0.15, 0.2) is 41.5 Å². The molecule has 0 spiro atoms. The van der Waals surface area contributed by atoms with Crippen LogP contribution in [0.3, 0.4) is 0 Å². The van der Waals surface area contributed by atoms with Crippen molar-refractivity contribution in [2.24, 2.45) is 0 Å². The summed E-state index contributed by atoms with van der Waals surface area (Å²) in [4.78, 5) is 17.6. The number of rotatable bonds is 6. The summed E-state index contributed by atoms with van der Waals surface area (Å²) in [6.45, 7) is 6.22. The fourth-order valence-electron chi connectivity index (χ4n) is 3.65. The molecule has 0 unspecified atom stereocenters. The largest absolute Gasteiger partial charge is 0.508 e. The smallest absolute Gasteiger partial charge is 0.199 e. The van der Waals surface area contributed by atoms with Gasteiger partial charge in [-0.25, -0.2) is 10.2 Å². The topological polar surface area (TPSA) is 86.9 Å². The van der Waals surface area contributed by atoms with Gasteiger partial charge in [0.1, 0.15) is 31.7 Å². The predicted octanol–water partition coefficient (Wildman–Crippen LogP) is 2.80. The monoisotopic (exact) mass is 367 g/mol. The number of hydroxylamine groups is 3. The van der Waals surface area contributed by atoms with Crippen molar-refractivity contribution in [3.05, 3.63) is 46.9 Å². The third-order valence-corrected chi connectivity index (χ3v) is 5.44. The van der Waals surface area contributed by atoms with Crippen molar-refractivity contribution in [1.29, 1.82) is 0 Å². The molecule has 3 N–H and O–H groups in total. The summed E-state index contributed by atoms with van der Waals surface area (Å²) >= 11 is 0. The van der Waals surface area contributed by atoms with Crippen LogP contribution in [0.5, 0.6) is 5.75 Å². The second kappa shape index (κ2) is 6.37. The zero-order valence-corrected chi connectivity index (χ0v) is 15.4. The van der Waals surface area contributed by atoms with E-state index >= 15 is 0 Å². The van der Waals surface area contributed by atoms with E-state index in [0.717, 1.165) is 11.0 Å². The van der Waals surface area contributed by atoms with Crippen LogP contribution in [0.2, 0.25) is 0 Å². The molecule has 0 fully saturated rings. The Bertz CT molecular complexity index is 1180. The minimum atomic E-state index is -0.141. The summed E-state index contributed by atoms with van der Waals surface area (Å²) in [6.07, 6.45) is 1.70. The van der Waals surface area contributed by atoms with Gasteiger partial charge in [-0.1, -0.05) is 0 Å². The number of nitrogens with zero attached hydrogens (tertiary/aromatic N) is 3. The van der Waals surface area contributed by atoms with E-state index in [1.54, 1.807) is 18.5 Å². The number of hydrogen-bond donors (Lipinski definition) is 3. The Hall–Kier alpha value is -2.90. The quantitative estimate of drug-likeness (QED) is 0.277. The van der Waals surface area contributed by atoms with Crippen LogP contribution >= 0.6 is 0 Å². The van der Waals surface area contributed by atoms with Crippen LogP contribution in [-0.2, 0) is 0 Å². The Balaban J connectivity index is 1.85. The van der Waals surface area contributed by atoms with E-state index in [1.165, 1.54) is 6.07 Å². The maximum Gasteiger partial charge on any atom is 0.199 e. The summed E-state index contributed by atoms with van der Waals surface area (Å²) in [5.74, 6) is 0.0561. The second-order valence-electron chi connectivity index (χ2n) is 6.88. The highest BCUT2D eigenvalue weighted by molar-refractivity contribution is 6.07. The van der Waals surface area contributed by atoms with Crippen molar-refractivity contribution < 1.29 is 15.0 Å². The van der Waals surface area contributed by atoms with Crippen molar-refractivity contribution in [3.8, 4) is 5.75 Å². The normalized spacial score (nSPS) is 12.4. The molecule has 0 saturated heterocycles. The highest BCUT2D eigenvalue weighted by Crippen LogP contribution is 2.29. The van der Waals surface area contributed by atoms with Crippen molar-refractivity contribution in [2.75, 3.05) is 31.5 Å². The van der Waals surface area contributed by atoms with Gasteiger partial charge in [0.25, 0.3) is 0 Å². The van der Waals surface area contributed by atoms with Crippen LogP contribution in [-0.4, -0.2) is 50.5 Å². The summed E-state index contributed by atoms with van der Waals surface area (Å²) in [5, 5.41) is 24.6. The van der Waals surface area contributed by atoms with E-state index in [4.69, 9.17) is 0 Å². The predicted molar refractivity (Wildman–Crippen MR) is 106 cm³/mol. The van der Waals surface area contributed by atoms with Crippen molar-refractivity contribution in [1.82, 2.24) is 9.38 Å². The number of quaternary nitrogens is 1. The molecule has 0 bridgehead atoms. The Morgan fingerprint density at radius 2 is 1.96 bits per heavy atom. The molecule has 0 aliphatic heterocycles. The Morgan fingerprint density at radius 1 is 1.19 bits per heavy atom. The molecule has 2 heterocycles. The van der Waals surface area contributed by atoms with E-state index in [2.05, 4.69) is 10.3 Å². The average Bonchev–Trinajstić information content (AvgIpc) is 3.11. The van der Waals surface area contributed by atoms with Crippen molar-refractivity contribution >= 4 is 33.0 Å². The third-order valence-electron chi connectivity index (χ3n) is 5.44. The minimum absolute atomic E-state index is 0.0207.